The van der Waals surface area contributed by atoms with Crippen LogP contribution in [0.4, 0.5) is 4.39 Å². The maximum Gasteiger partial charge on any atom is 0.222 e. The molecule has 2 bridgehead atoms. The number of piperidine rings is 1. The lowest BCUT2D eigenvalue weighted by atomic mass is 9.98. The minimum absolute atomic E-state index is 0.200. The first-order valence-electron chi connectivity index (χ1n) is 7.88. The van der Waals surface area contributed by atoms with Crippen molar-refractivity contribution in [2.24, 2.45) is 0 Å². The van der Waals surface area contributed by atoms with Gasteiger partial charge in [-0.1, -0.05) is 12.1 Å². The maximum absolute atomic E-state index is 12.9. The predicted octanol–water partition coefficient (Wildman–Crippen LogP) is 2.50. The number of rotatable bonds is 4. The fraction of sp³-hybridized carbons (Fsp3) is 0.588. The van der Waals surface area contributed by atoms with Gasteiger partial charge in [0.15, 0.2) is 0 Å². The van der Waals surface area contributed by atoms with Gasteiger partial charge >= 0.3 is 0 Å². The Kier molecular flexibility index (Phi) is 4.24. The Morgan fingerprint density at radius 3 is 2.48 bits per heavy atom. The molecule has 1 N–H and O–H groups in total. The number of nitrogens with one attached hydrogen (secondary N) is 1. The van der Waals surface area contributed by atoms with Crippen LogP contribution >= 0.6 is 0 Å². The maximum atomic E-state index is 12.9. The SMILES string of the molecule is CN(C(=O)CCc1ccc(F)cc1)C1C[C@H]2CC[C@H](C1)N2. The zero-order valence-corrected chi connectivity index (χ0v) is 12.5. The first-order valence-corrected chi connectivity index (χ1v) is 7.88. The van der Waals surface area contributed by atoms with Crippen molar-refractivity contribution in [3.8, 4) is 0 Å². The number of fused-ring (bicyclic) bond motifs is 2. The Morgan fingerprint density at radius 2 is 1.86 bits per heavy atom. The van der Waals surface area contributed by atoms with Crippen LogP contribution in [0, 0.1) is 5.82 Å². The van der Waals surface area contributed by atoms with Crippen LogP contribution in [0.5, 0.6) is 0 Å². The smallest absolute Gasteiger partial charge is 0.222 e. The lowest BCUT2D eigenvalue weighted by Crippen LogP contribution is -2.48. The molecule has 3 nitrogen and oxygen atoms in total. The molecule has 2 fully saturated rings. The average Bonchev–Trinajstić information content (AvgIpc) is 2.84. The molecular weight excluding hydrogens is 267 g/mol. The van der Waals surface area contributed by atoms with E-state index in [0.29, 0.717) is 31.0 Å². The molecule has 2 saturated heterocycles. The third-order valence-electron chi connectivity index (χ3n) is 4.93. The number of benzene rings is 1. The molecule has 2 aliphatic rings. The molecule has 0 aromatic heterocycles. The summed E-state index contributed by atoms with van der Waals surface area (Å²) in [5.74, 6) is -0.0296. The van der Waals surface area contributed by atoms with E-state index in [-0.39, 0.29) is 11.7 Å². The summed E-state index contributed by atoms with van der Waals surface area (Å²) in [7, 11) is 1.93. The van der Waals surface area contributed by atoms with E-state index < -0.39 is 0 Å². The molecule has 21 heavy (non-hydrogen) atoms. The number of carbonyl (C=O) groups is 1. The van der Waals surface area contributed by atoms with Crippen LogP contribution < -0.4 is 5.32 Å². The second-order valence-electron chi connectivity index (χ2n) is 6.39. The van der Waals surface area contributed by atoms with Crippen molar-refractivity contribution in [1.82, 2.24) is 10.2 Å². The summed E-state index contributed by atoms with van der Waals surface area (Å²) < 4.78 is 12.9. The highest BCUT2D eigenvalue weighted by atomic mass is 19.1. The summed E-state index contributed by atoms with van der Waals surface area (Å²) in [5.41, 5.74) is 1.02. The van der Waals surface area contributed by atoms with Crippen molar-refractivity contribution in [2.75, 3.05) is 7.05 Å². The monoisotopic (exact) mass is 290 g/mol. The molecule has 3 rings (SSSR count). The van der Waals surface area contributed by atoms with E-state index in [2.05, 4.69) is 5.32 Å². The first kappa shape index (κ1) is 14.5. The van der Waals surface area contributed by atoms with E-state index >= 15 is 0 Å². The van der Waals surface area contributed by atoms with Crippen molar-refractivity contribution in [3.63, 3.8) is 0 Å². The van der Waals surface area contributed by atoms with Gasteiger partial charge in [0.1, 0.15) is 5.82 Å². The van der Waals surface area contributed by atoms with Gasteiger partial charge in [-0.25, -0.2) is 4.39 Å². The number of nitrogens with zero attached hydrogens (tertiary/aromatic N) is 1. The van der Waals surface area contributed by atoms with Gasteiger partial charge in [0, 0.05) is 31.6 Å². The Bertz CT molecular complexity index is 490. The number of hydrogen-bond acceptors (Lipinski definition) is 2. The molecule has 0 spiro atoms. The van der Waals surface area contributed by atoms with E-state index in [1.165, 1.54) is 25.0 Å². The van der Waals surface area contributed by atoms with Crippen molar-refractivity contribution < 1.29 is 9.18 Å². The van der Waals surface area contributed by atoms with E-state index in [9.17, 15) is 9.18 Å². The summed E-state index contributed by atoms with van der Waals surface area (Å²) in [4.78, 5) is 14.3. The van der Waals surface area contributed by atoms with Gasteiger partial charge in [0.2, 0.25) is 5.91 Å². The standard InChI is InChI=1S/C17H23FN2O/c1-20(16-10-14-7-8-15(11-16)19-14)17(21)9-4-12-2-5-13(18)6-3-12/h2-3,5-6,14-16,19H,4,7-11H2,1H3/t14-,15-/m1/s1. The quantitative estimate of drug-likeness (QED) is 0.924. The minimum atomic E-state index is -0.229. The largest absolute Gasteiger partial charge is 0.343 e. The molecule has 4 heteroatoms. The molecule has 114 valence electrons. The van der Waals surface area contributed by atoms with Crippen LogP contribution in [0.2, 0.25) is 0 Å². The van der Waals surface area contributed by atoms with Crippen LogP contribution in [-0.2, 0) is 11.2 Å². The van der Waals surface area contributed by atoms with Gasteiger partial charge in [-0.15, -0.1) is 0 Å². The third kappa shape index (κ3) is 3.43. The number of aryl methyl sites for hydroxylation is 1. The lowest BCUT2D eigenvalue weighted by Gasteiger charge is -2.35. The van der Waals surface area contributed by atoms with E-state index in [0.717, 1.165) is 18.4 Å². The fourth-order valence-corrected chi connectivity index (χ4v) is 3.63. The second-order valence-corrected chi connectivity index (χ2v) is 6.39. The van der Waals surface area contributed by atoms with Crippen LogP contribution in [0.15, 0.2) is 24.3 Å². The molecule has 0 aliphatic carbocycles. The summed E-state index contributed by atoms with van der Waals surface area (Å²) in [6.45, 7) is 0. The fourth-order valence-electron chi connectivity index (χ4n) is 3.63. The molecule has 1 amide bonds. The zero-order chi connectivity index (χ0) is 14.8. The number of hydrogen-bond donors (Lipinski definition) is 1. The summed E-state index contributed by atoms with van der Waals surface area (Å²) in [5, 5.41) is 3.60. The predicted molar refractivity (Wildman–Crippen MR) is 80.5 cm³/mol. The Balaban J connectivity index is 1.51. The highest BCUT2D eigenvalue weighted by molar-refractivity contribution is 5.76. The van der Waals surface area contributed by atoms with Gasteiger partial charge in [-0.05, 0) is 49.8 Å². The zero-order valence-electron chi connectivity index (χ0n) is 12.5. The summed E-state index contributed by atoms with van der Waals surface area (Å²) in [6.07, 6.45) is 5.84. The molecule has 1 aromatic carbocycles. The van der Waals surface area contributed by atoms with Crippen LogP contribution in [0.1, 0.15) is 37.7 Å². The van der Waals surface area contributed by atoms with Crippen LogP contribution in [-0.4, -0.2) is 36.0 Å². The molecule has 0 unspecified atom stereocenters. The van der Waals surface area contributed by atoms with E-state index in [1.807, 2.05) is 11.9 Å². The molecule has 2 atom stereocenters. The van der Waals surface area contributed by atoms with Gasteiger partial charge < -0.3 is 10.2 Å². The Morgan fingerprint density at radius 1 is 1.24 bits per heavy atom. The summed E-state index contributed by atoms with van der Waals surface area (Å²) in [6, 6.07) is 8.00. The third-order valence-corrected chi connectivity index (χ3v) is 4.93. The van der Waals surface area contributed by atoms with Crippen molar-refractivity contribution in [1.29, 1.82) is 0 Å². The van der Waals surface area contributed by atoms with E-state index in [1.54, 1.807) is 12.1 Å². The van der Waals surface area contributed by atoms with Gasteiger partial charge in [-0.2, -0.15) is 0 Å². The molecule has 2 heterocycles. The molecule has 2 aliphatic heterocycles. The van der Waals surface area contributed by atoms with Crippen molar-refractivity contribution >= 4 is 5.91 Å². The van der Waals surface area contributed by atoms with Crippen molar-refractivity contribution in [2.45, 2.75) is 56.7 Å². The summed E-state index contributed by atoms with van der Waals surface area (Å²) >= 11 is 0. The lowest BCUT2D eigenvalue weighted by molar-refractivity contribution is -0.132. The van der Waals surface area contributed by atoms with Crippen LogP contribution in [0.3, 0.4) is 0 Å². The number of amides is 1. The Hall–Kier alpha value is -1.42. The molecule has 0 radical (unpaired) electrons. The van der Waals surface area contributed by atoms with Gasteiger partial charge in [-0.3, -0.25) is 4.79 Å². The second kappa shape index (κ2) is 6.14. The van der Waals surface area contributed by atoms with Gasteiger partial charge in [0.25, 0.3) is 0 Å². The minimum Gasteiger partial charge on any atom is -0.343 e. The number of carbonyl (C=O) groups excluding carboxylic acids is 1. The average molecular weight is 290 g/mol. The number of halogens is 1. The Labute approximate surface area is 125 Å². The first-order chi connectivity index (χ1) is 10.1. The molecular formula is C17H23FN2O. The topological polar surface area (TPSA) is 32.3 Å². The van der Waals surface area contributed by atoms with Crippen LogP contribution in [0.25, 0.3) is 0 Å². The highest BCUT2D eigenvalue weighted by Gasteiger charge is 2.36. The molecule has 0 saturated carbocycles. The van der Waals surface area contributed by atoms with E-state index in [4.69, 9.17) is 0 Å². The van der Waals surface area contributed by atoms with Gasteiger partial charge in [0.05, 0.1) is 0 Å². The molecule has 1 aromatic rings. The van der Waals surface area contributed by atoms with Crippen molar-refractivity contribution in [3.05, 3.63) is 35.6 Å². The normalized spacial score (nSPS) is 27.6. The highest BCUT2D eigenvalue weighted by Crippen LogP contribution is 2.29.